The van der Waals surface area contributed by atoms with E-state index in [1.54, 1.807) is 0 Å². The fraction of sp³-hybridized carbons (Fsp3) is 0.917. The number of halogens is 1. The van der Waals surface area contributed by atoms with Gasteiger partial charge in [0.1, 0.15) is 0 Å². The molecule has 0 saturated heterocycles. The summed E-state index contributed by atoms with van der Waals surface area (Å²) in [6.45, 7) is 4.71. The molecular formula is C12H20BrN. The van der Waals surface area contributed by atoms with Crippen LogP contribution in [0.15, 0.2) is 0 Å². The highest BCUT2D eigenvalue weighted by Crippen LogP contribution is 2.40. The Labute approximate surface area is 96.0 Å². The van der Waals surface area contributed by atoms with Crippen LogP contribution >= 0.6 is 15.9 Å². The largest absolute Gasteiger partial charge is 0.198 e. The van der Waals surface area contributed by atoms with Gasteiger partial charge in [0.25, 0.3) is 0 Å². The minimum absolute atomic E-state index is 0.223. The summed E-state index contributed by atoms with van der Waals surface area (Å²) >= 11 is 3.40. The molecule has 0 spiro atoms. The zero-order valence-corrected chi connectivity index (χ0v) is 10.8. The van der Waals surface area contributed by atoms with Crippen LogP contribution in [0.5, 0.6) is 0 Å². The van der Waals surface area contributed by atoms with E-state index in [-0.39, 0.29) is 5.92 Å². The Balaban J connectivity index is 2.32. The fourth-order valence-electron chi connectivity index (χ4n) is 2.25. The lowest BCUT2D eigenvalue weighted by molar-refractivity contribution is 0.179. The second-order valence-corrected chi connectivity index (χ2v) is 5.97. The lowest BCUT2D eigenvalue weighted by Crippen LogP contribution is -2.22. The summed E-state index contributed by atoms with van der Waals surface area (Å²) < 4.78 is 0. The average Bonchev–Trinajstić information content (AvgIpc) is 2.16. The van der Waals surface area contributed by atoms with E-state index >= 15 is 0 Å². The molecule has 1 atom stereocenters. The van der Waals surface area contributed by atoms with Crippen molar-refractivity contribution in [1.29, 1.82) is 5.26 Å². The highest BCUT2D eigenvalue weighted by atomic mass is 79.9. The second-order valence-electron chi connectivity index (χ2n) is 5.32. The third kappa shape index (κ3) is 3.61. The third-order valence-electron chi connectivity index (χ3n) is 3.45. The van der Waals surface area contributed by atoms with Crippen LogP contribution in [0.4, 0.5) is 0 Å². The topological polar surface area (TPSA) is 23.8 Å². The van der Waals surface area contributed by atoms with Crippen LogP contribution in [0.1, 0.15) is 46.0 Å². The molecule has 1 fully saturated rings. The van der Waals surface area contributed by atoms with Gasteiger partial charge in [0.05, 0.1) is 12.0 Å². The van der Waals surface area contributed by atoms with Gasteiger partial charge in [0, 0.05) is 5.33 Å². The van der Waals surface area contributed by atoms with Gasteiger partial charge in [-0.3, -0.25) is 0 Å². The van der Waals surface area contributed by atoms with E-state index in [4.69, 9.17) is 5.26 Å². The van der Waals surface area contributed by atoms with E-state index in [9.17, 15) is 0 Å². The minimum Gasteiger partial charge on any atom is -0.198 e. The van der Waals surface area contributed by atoms with E-state index in [2.05, 4.69) is 35.8 Å². The number of hydrogen-bond donors (Lipinski definition) is 0. The van der Waals surface area contributed by atoms with Gasteiger partial charge in [-0.1, -0.05) is 29.8 Å². The molecule has 1 aliphatic rings. The van der Waals surface area contributed by atoms with E-state index < -0.39 is 0 Å². The van der Waals surface area contributed by atoms with Gasteiger partial charge in [-0.25, -0.2) is 0 Å². The lowest BCUT2D eigenvalue weighted by Gasteiger charge is -2.34. The van der Waals surface area contributed by atoms with Crippen molar-refractivity contribution in [2.24, 2.45) is 17.3 Å². The Hall–Kier alpha value is -0.0300. The highest BCUT2D eigenvalue weighted by Gasteiger charge is 2.27. The van der Waals surface area contributed by atoms with Crippen LogP contribution in [-0.4, -0.2) is 5.33 Å². The van der Waals surface area contributed by atoms with Crippen molar-refractivity contribution in [3.8, 4) is 6.07 Å². The average molecular weight is 258 g/mol. The maximum atomic E-state index is 8.88. The predicted molar refractivity (Wildman–Crippen MR) is 63.3 cm³/mol. The maximum absolute atomic E-state index is 8.88. The summed E-state index contributed by atoms with van der Waals surface area (Å²) in [5.41, 5.74) is 0.549. The summed E-state index contributed by atoms with van der Waals surface area (Å²) in [7, 11) is 0. The van der Waals surface area contributed by atoms with Crippen LogP contribution in [0.2, 0.25) is 0 Å². The number of hydrogen-bond acceptors (Lipinski definition) is 1. The van der Waals surface area contributed by atoms with Crippen molar-refractivity contribution >= 4 is 15.9 Å². The molecule has 1 rings (SSSR count). The molecule has 0 amide bonds. The monoisotopic (exact) mass is 257 g/mol. The Morgan fingerprint density at radius 2 is 2.00 bits per heavy atom. The first-order valence-electron chi connectivity index (χ1n) is 5.53. The second kappa shape index (κ2) is 5.16. The van der Waals surface area contributed by atoms with Gasteiger partial charge in [0.15, 0.2) is 0 Å². The number of alkyl halides is 1. The zero-order chi connectivity index (χ0) is 10.6. The number of rotatable bonds is 3. The summed E-state index contributed by atoms with van der Waals surface area (Å²) in [6, 6.07) is 2.37. The molecule has 0 heterocycles. The van der Waals surface area contributed by atoms with Crippen molar-refractivity contribution < 1.29 is 0 Å². The smallest absolute Gasteiger partial charge is 0.0664 e. The van der Waals surface area contributed by atoms with Crippen LogP contribution in [0.3, 0.4) is 0 Å². The van der Waals surface area contributed by atoms with Crippen molar-refractivity contribution in [3.63, 3.8) is 0 Å². The first-order chi connectivity index (χ1) is 6.57. The van der Waals surface area contributed by atoms with Crippen molar-refractivity contribution in [2.45, 2.75) is 46.0 Å². The summed E-state index contributed by atoms with van der Waals surface area (Å²) in [6.07, 6.45) is 6.39. The Bertz CT molecular complexity index is 207. The molecule has 0 aromatic heterocycles. The standard InChI is InChI=1S/C12H20BrN/c1-12(2)5-3-10(4-6-12)7-11(8-13)9-14/h10-11H,3-8H2,1-2H3. The van der Waals surface area contributed by atoms with Crippen molar-refractivity contribution in [3.05, 3.63) is 0 Å². The van der Waals surface area contributed by atoms with Crippen LogP contribution in [-0.2, 0) is 0 Å². The first-order valence-corrected chi connectivity index (χ1v) is 6.65. The molecule has 2 heteroatoms. The number of nitriles is 1. The van der Waals surface area contributed by atoms with Crippen molar-refractivity contribution in [1.82, 2.24) is 0 Å². The molecule has 0 N–H and O–H groups in total. The van der Waals surface area contributed by atoms with Gasteiger partial charge in [0.2, 0.25) is 0 Å². The van der Waals surface area contributed by atoms with E-state index in [1.165, 1.54) is 25.7 Å². The SMILES string of the molecule is CC1(C)CCC(CC(C#N)CBr)CC1. The Morgan fingerprint density at radius 3 is 2.43 bits per heavy atom. The molecule has 1 nitrogen and oxygen atoms in total. The molecule has 14 heavy (non-hydrogen) atoms. The summed E-state index contributed by atoms with van der Waals surface area (Å²) in [4.78, 5) is 0. The Morgan fingerprint density at radius 1 is 1.43 bits per heavy atom. The summed E-state index contributed by atoms with van der Waals surface area (Å²) in [5, 5.41) is 9.72. The quantitative estimate of drug-likeness (QED) is 0.698. The van der Waals surface area contributed by atoms with Gasteiger partial charge in [-0.2, -0.15) is 5.26 Å². The molecule has 0 aromatic carbocycles. The molecule has 1 aliphatic carbocycles. The highest BCUT2D eigenvalue weighted by molar-refractivity contribution is 9.09. The maximum Gasteiger partial charge on any atom is 0.0664 e. The Kier molecular flexibility index (Phi) is 4.44. The molecule has 1 saturated carbocycles. The molecule has 0 aromatic rings. The summed E-state index contributed by atoms with van der Waals surface area (Å²) in [5.74, 6) is 1.02. The van der Waals surface area contributed by atoms with Gasteiger partial charge < -0.3 is 0 Å². The molecule has 1 unspecified atom stereocenters. The van der Waals surface area contributed by atoms with E-state index in [1.807, 2.05) is 0 Å². The van der Waals surface area contributed by atoms with Gasteiger partial charge in [-0.15, -0.1) is 0 Å². The lowest BCUT2D eigenvalue weighted by atomic mass is 9.71. The van der Waals surface area contributed by atoms with Gasteiger partial charge >= 0.3 is 0 Å². The van der Waals surface area contributed by atoms with E-state index in [0.29, 0.717) is 5.41 Å². The normalized spacial score (nSPS) is 24.1. The minimum atomic E-state index is 0.223. The molecule has 0 bridgehead atoms. The molecule has 80 valence electrons. The van der Waals surface area contributed by atoms with Crippen LogP contribution < -0.4 is 0 Å². The van der Waals surface area contributed by atoms with E-state index in [0.717, 1.165) is 17.7 Å². The first kappa shape index (κ1) is 12.0. The molecule has 0 aliphatic heterocycles. The molecular weight excluding hydrogens is 238 g/mol. The van der Waals surface area contributed by atoms with Crippen LogP contribution in [0, 0.1) is 28.6 Å². The third-order valence-corrected chi connectivity index (χ3v) is 4.23. The van der Waals surface area contributed by atoms with Gasteiger partial charge in [-0.05, 0) is 43.4 Å². The number of nitrogens with zero attached hydrogens (tertiary/aromatic N) is 1. The fourth-order valence-corrected chi connectivity index (χ4v) is 2.66. The zero-order valence-electron chi connectivity index (χ0n) is 9.22. The predicted octanol–water partition coefficient (Wildman–Crippen LogP) is 4.13. The van der Waals surface area contributed by atoms with Crippen LogP contribution in [0.25, 0.3) is 0 Å². The van der Waals surface area contributed by atoms with Crippen molar-refractivity contribution in [2.75, 3.05) is 5.33 Å². The molecule has 0 radical (unpaired) electrons.